The van der Waals surface area contributed by atoms with Gasteiger partial charge in [-0.1, -0.05) is 60.1 Å². The number of nitrogens with zero attached hydrogens (tertiary/aromatic N) is 1. The van der Waals surface area contributed by atoms with Crippen LogP contribution in [0.15, 0.2) is 84.0 Å². The van der Waals surface area contributed by atoms with Gasteiger partial charge in [0.2, 0.25) is 0 Å². The minimum absolute atomic E-state index is 0.222. The summed E-state index contributed by atoms with van der Waals surface area (Å²) < 4.78 is 0. The highest BCUT2D eigenvalue weighted by Gasteiger charge is 2.12. The molecule has 1 amide bonds. The largest absolute Gasteiger partial charge is 0.374 e. The minimum atomic E-state index is -0.447. The number of nitrogens with one attached hydrogen (secondary N) is 2. The van der Waals surface area contributed by atoms with Crippen molar-refractivity contribution < 1.29 is 4.79 Å². The number of carbonyl (C=O) groups is 1. The van der Waals surface area contributed by atoms with Gasteiger partial charge in [0.1, 0.15) is 6.04 Å². The van der Waals surface area contributed by atoms with Crippen LogP contribution in [-0.2, 0) is 4.79 Å². The Morgan fingerprint density at radius 2 is 1.52 bits per heavy atom. The SMILES string of the molecule is CC(Nc1ccc(Cl)cc1)C(=O)NN=Cc1c2ccccc2cc2ccccc12. The van der Waals surface area contributed by atoms with Crippen molar-refractivity contribution in [1.29, 1.82) is 0 Å². The third kappa shape index (κ3) is 4.23. The van der Waals surface area contributed by atoms with E-state index in [4.69, 9.17) is 11.6 Å². The topological polar surface area (TPSA) is 53.5 Å². The Morgan fingerprint density at radius 3 is 2.14 bits per heavy atom. The molecule has 5 heteroatoms. The van der Waals surface area contributed by atoms with E-state index in [0.29, 0.717) is 5.02 Å². The highest BCUT2D eigenvalue weighted by molar-refractivity contribution is 6.30. The Balaban J connectivity index is 1.54. The van der Waals surface area contributed by atoms with Crippen LogP contribution in [0.1, 0.15) is 12.5 Å². The molecule has 0 spiro atoms. The molecule has 1 atom stereocenters. The fourth-order valence-electron chi connectivity index (χ4n) is 3.31. The van der Waals surface area contributed by atoms with E-state index >= 15 is 0 Å². The monoisotopic (exact) mass is 401 g/mol. The Bertz CT molecular complexity index is 1150. The molecule has 2 N–H and O–H groups in total. The molecule has 0 aliphatic rings. The van der Waals surface area contributed by atoms with Crippen molar-refractivity contribution in [2.75, 3.05) is 5.32 Å². The second-order valence-corrected chi connectivity index (χ2v) is 7.28. The van der Waals surface area contributed by atoms with Gasteiger partial charge in [0.05, 0.1) is 6.21 Å². The van der Waals surface area contributed by atoms with Gasteiger partial charge in [-0.3, -0.25) is 4.79 Å². The fourth-order valence-corrected chi connectivity index (χ4v) is 3.43. The molecule has 0 aromatic heterocycles. The van der Waals surface area contributed by atoms with Gasteiger partial charge < -0.3 is 5.32 Å². The predicted molar refractivity (Wildman–Crippen MR) is 122 cm³/mol. The van der Waals surface area contributed by atoms with E-state index in [1.54, 1.807) is 25.3 Å². The van der Waals surface area contributed by atoms with Crippen molar-refractivity contribution in [3.8, 4) is 0 Å². The van der Waals surface area contributed by atoms with Gasteiger partial charge in [0.15, 0.2) is 0 Å². The van der Waals surface area contributed by atoms with Crippen LogP contribution in [0.3, 0.4) is 0 Å². The Labute approximate surface area is 174 Å². The molecule has 4 nitrogen and oxygen atoms in total. The van der Waals surface area contributed by atoms with E-state index in [1.807, 2.05) is 36.4 Å². The first-order valence-corrected chi connectivity index (χ1v) is 9.75. The molecule has 0 heterocycles. The molecule has 0 saturated heterocycles. The molecule has 0 saturated carbocycles. The van der Waals surface area contributed by atoms with Gasteiger partial charge in [-0.15, -0.1) is 0 Å². The quantitative estimate of drug-likeness (QED) is 0.260. The summed E-state index contributed by atoms with van der Waals surface area (Å²) in [6.07, 6.45) is 1.72. The first kappa shape index (κ1) is 19.0. The van der Waals surface area contributed by atoms with Crippen molar-refractivity contribution in [1.82, 2.24) is 5.43 Å². The lowest BCUT2D eigenvalue weighted by molar-refractivity contribution is -0.121. The summed E-state index contributed by atoms with van der Waals surface area (Å²) in [6.45, 7) is 1.78. The highest BCUT2D eigenvalue weighted by atomic mass is 35.5. The van der Waals surface area contributed by atoms with Gasteiger partial charge in [-0.2, -0.15) is 5.10 Å². The van der Waals surface area contributed by atoms with Crippen LogP contribution in [0.4, 0.5) is 5.69 Å². The lowest BCUT2D eigenvalue weighted by Crippen LogP contribution is -2.34. The van der Waals surface area contributed by atoms with Gasteiger partial charge >= 0.3 is 0 Å². The number of fused-ring (bicyclic) bond motifs is 2. The lowest BCUT2D eigenvalue weighted by Gasteiger charge is -2.13. The molecule has 0 radical (unpaired) electrons. The molecule has 29 heavy (non-hydrogen) atoms. The molecular weight excluding hydrogens is 382 g/mol. The van der Waals surface area contributed by atoms with E-state index < -0.39 is 6.04 Å². The van der Waals surface area contributed by atoms with Crippen LogP contribution in [0, 0.1) is 0 Å². The highest BCUT2D eigenvalue weighted by Crippen LogP contribution is 2.27. The number of hydrogen-bond acceptors (Lipinski definition) is 3. The molecule has 0 aliphatic carbocycles. The predicted octanol–water partition coefficient (Wildman–Crippen LogP) is 5.60. The van der Waals surface area contributed by atoms with Crippen molar-refractivity contribution in [2.24, 2.45) is 5.10 Å². The number of amides is 1. The van der Waals surface area contributed by atoms with Gasteiger partial charge in [-0.25, -0.2) is 5.43 Å². The van der Waals surface area contributed by atoms with Crippen LogP contribution < -0.4 is 10.7 Å². The van der Waals surface area contributed by atoms with Gasteiger partial charge in [0.25, 0.3) is 5.91 Å². The number of rotatable bonds is 5. The minimum Gasteiger partial charge on any atom is -0.374 e. The maximum absolute atomic E-state index is 12.4. The Hall–Kier alpha value is -3.37. The number of halogens is 1. The van der Waals surface area contributed by atoms with E-state index in [0.717, 1.165) is 32.8 Å². The number of hydrazone groups is 1. The third-order valence-electron chi connectivity index (χ3n) is 4.80. The summed E-state index contributed by atoms with van der Waals surface area (Å²) in [4.78, 5) is 12.4. The molecule has 0 bridgehead atoms. The smallest absolute Gasteiger partial charge is 0.262 e. The van der Waals surface area contributed by atoms with Crippen LogP contribution in [0.2, 0.25) is 5.02 Å². The number of hydrogen-bond donors (Lipinski definition) is 2. The molecule has 4 aromatic rings. The van der Waals surface area contributed by atoms with Gasteiger partial charge in [0, 0.05) is 16.3 Å². The maximum atomic E-state index is 12.4. The number of carbonyl (C=O) groups excluding carboxylic acids is 1. The maximum Gasteiger partial charge on any atom is 0.262 e. The first-order valence-electron chi connectivity index (χ1n) is 9.37. The van der Waals surface area contributed by atoms with Crippen molar-refractivity contribution in [3.63, 3.8) is 0 Å². The molecule has 144 valence electrons. The zero-order valence-electron chi connectivity index (χ0n) is 15.9. The van der Waals surface area contributed by atoms with Crippen LogP contribution >= 0.6 is 11.6 Å². The fraction of sp³-hybridized carbons (Fsp3) is 0.0833. The van der Waals surface area contributed by atoms with Crippen LogP contribution in [0.25, 0.3) is 21.5 Å². The lowest BCUT2D eigenvalue weighted by atomic mass is 9.97. The zero-order valence-corrected chi connectivity index (χ0v) is 16.6. The number of benzene rings is 4. The summed E-state index contributed by atoms with van der Waals surface area (Å²) in [5, 5.41) is 12.5. The molecular formula is C24H20ClN3O. The standard InChI is InChI=1S/C24H20ClN3O/c1-16(27-20-12-10-19(25)11-13-20)24(29)28-26-15-23-21-8-4-2-6-17(21)14-18-7-3-5-9-22(18)23/h2-16,27H,1H3,(H,28,29). The van der Waals surface area contributed by atoms with Gasteiger partial charge in [-0.05, 0) is 58.8 Å². The van der Waals surface area contributed by atoms with E-state index in [-0.39, 0.29) is 5.91 Å². The normalized spacial score (nSPS) is 12.3. The summed E-state index contributed by atoms with van der Waals surface area (Å²) in [6, 6.07) is 25.3. The summed E-state index contributed by atoms with van der Waals surface area (Å²) in [5.74, 6) is -0.222. The second kappa shape index (κ2) is 8.33. The average molecular weight is 402 g/mol. The molecule has 4 rings (SSSR count). The van der Waals surface area contributed by atoms with Crippen LogP contribution in [-0.4, -0.2) is 18.2 Å². The van der Waals surface area contributed by atoms with E-state index in [2.05, 4.69) is 46.2 Å². The number of anilines is 1. The first-order chi connectivity index (χ1) is 14.1. The molecule has 0 aliphatic heterocycles. The summed E-state index contributed by atoms with van der Waals surface area (Å²) >= 11 is 5.89. The summed E-state index contributed by atoms with van der Waals surface area (Å²) in [5.41, 5.74) is 4.44. The van der Waals surface area contributed by atoms with E-state index in [1.165, 1.54) is 0 Å². The Morgan fingerprint density at radius 1 is 0.931 bits per heavy atom. The van der Waals surface area contributed by atoms with Crippen molar-refractivity contribution in [2.45, 2.75) is 13.0 Å². The molecule has 0 fully saturated rings. The molecule has 4 aromatic carbocycles. The van der Waals surface area contributed by atoms with E-state index in [9.17, 15) is 4.79 Å². The third-order valence-corrected chi connectivity index (χ3v) is 5.05. The zero-order chi connectivity index (χ0) is 20.2. The van der Waals surface area contributed by atoms with Crippen molar-refractivity contribution in [3.05, 3.63) is 89.4 Å². The van der Waals surface area contributed by atoms with Crippen LogP contribution in [0.5, 0.6) is 0 Å². The second-order valence-electron chi connectivity index (χ2n) is 6.84. The average Bonchev–Trinajstić information content (AvgIpc) is 2.74. The Kier molecular flexibility index (Phi) is 5.45. The van der Waals surface area contributed by atoms with Crippen molar-refractivity contribution >= 4 is 51.0 Å². The molecule has 1 unspecified atom stereocenters. The summed E-state index contributed by atoms with van der Waals surface area (Å²) in [7, 11) is 0.